The van der Waals surface area contributed by atoms with Crippen LogP contribution in [0, 0.1) is 35.5 Å². The maximum absolute atomic E-state index is 13.9. The number of benzene rings is 2. The molecule has 1 saturated heterocycles. The van der Waals surface area contributed by atoms with Crippen molar-refractivity contribution in [3.8, 4) is 5.75 Å². The van der Waals surface area contributed by atoms with Gasteiger partial charge in [-0.2, -0.15) is 0 Å². The lowest BCUT2D eigenvalue weighted by Crippen LogP contribution is -2.49. The van der Waals surface area contributed by atoms with Gasteiger partial charge in [0, 0.05) is 32.3 Å². The number of carbonyl (C=O) groups is 4. The average Bonchev–Trinajstić information content (AvgIpc) is 3.73. The first kappa shape index (κ1) is 30.1. The Morgan fingerprint density at radius 1 is 1.09 bits per heavy atom. The summed E-state index contributed by atoms with van der Waals surface area (Å²) in [7, 11) is 0. The van der Waals surface area contributed by atoms with E-state index in [1.807, 2.05) is 18.2 Å². The van der Waals surface area contributed by atoms with E-state index in [1.54, 1.807) is 44.2 Å². The number of aromatic amines is 1. The minimum atomic E-state index is -1.23. The normalized spacial score (nSPS) is 28.5. The Balaban J connectivity index is 1.25. The van der Waals surface area contributed by atoms with Crippen LogP contribution in [-0.2, 0) is 19.2 Å². The van der Waals surface area contributed by atoms with E-state index in [-0.39, 0.29) is 40.4 Å². The lowest BCUT2D eigenvalue weighted by atomic mass is 9.68. The maximum atomic E-state index is 13.9. The van der Waals surface area contributed by atoms with Crippen LogP contribution in [0.5, 0.6) is 5.75 Å². The van der Waals surface area contributed by atoms with Crippen molar-refractivity contribution >= 4 is 64.1 Å². The van der Waals surface area contributed by atoms with Gasteiger partial charge in [0.15, 0.2) is 6.61 Å². The summed E-state index contributed by atoms with van der Waals surface area (Å²) in [6, 6.07) is 13.0. The van der Waals surface area contributed by atoms with E-state index in [2.05, 4.69) is 10.3 Å². The summed E-state index contributed by atoms with van der Waals surface area (Å²) < 4.78 is 6.10. The monoisotopic (exact) mass is 667 g/mol. The van der Waals surface area contributed by atoms with Gasteiger partial charge in [0.1, 0.15) is 11.8 Å². The Labute approximate surface area is 271 Å². The van der Waals surface area contributed by atoms with Crippen molar-refractivity contribution in [2.24, 2.45) is 35.5 Å². The third-order valence-corrected chi connectivity index (χ3v) is 12.5. The zero-order valence-electron chi connectivity index (χ0n) is 24.3. The summed E-state index contributed by atoms with van der Waals surface area (Å²) in [6.07, 6.45) is 0.647. The number of thiazole rings is 1. The molecule has 3 amide bonds. The number of amides is 3. The Kier molecular flexibility index (Phi) is 7.57. The first-order valence-corrected chi connectivity index (χ1v) is 16.9. The molecule has 10 nitrogen and oxygen atoms in total. The van der Waals surface area contributed by atoms with Crippen LogP contribution in [0.15, 0.2) is 58.4 Å². The molecule has 13 heteroatoms. The first-order valence-electron chi connectivity index (χ1n) is 14.8. The fourth-order valence-corrected chi connectivity index (χ4v) is 11.2. The lowest BCUT2D eigenvalue weighted by Gasteiger charge is -2.43. The van der Waals surface area contributed by atoms with Gasteiger partial charge in [-0.15, -0.1) is 11.8 Å². The van der Waals surface area contributed by atoms with Crippen molar-refractivity contribution in [2.45, 2.75) is 42.5 Å². The van der Waals surface area contributed by atoms with Crippen molar-refractivity contribution in [2.75, 3.05) is 11.9 Å². The van der Waals surface area contributed by atoms with Crippen LogP contribution in [0.2, 0.25) is 5.02 Å². The van der Waals surface area contributed by atoms with E-state index in [1.165, 1.54) is 11.8 Å². The molecule has 3 N–H and O–H groups in total. The number of aliphatic carboxylic acids is 1. The number of nitrogens with one attached hydrogen (secondary N) is 2. The smallest absolute Gasteiger partial charge is 0.327 e. The van der Waals surface area contributed by atoms with E-state index < -0.39 is 47.5 Å². The van der Waals surface area contributed by atoms with Crippen LogP contribution < -0.4 is 14.9 Å². The number of halogens is 1. The number of ether oxygens (including phenoxy) is 1. The van der Waals surface area contributed by atoms with Gasteiger partial charge >= 0.3 is 10.8 Å². The van der Waals surface area contributed by atoms with Gasteiger partial charge in [-0.1, -0.05) is 55.0 Å². The molecule has 2 aromatic carbocycles. The summed E-state index contributed by atoms with van der Waals surface area (Å²) in [5, 5.41) is 13.8. The number of fused-ring (bicyclic) bond motifs is 9. The van der Waals surface area contributed by atoms with Crippen LogP contribution in [0.1, 0.15) is 36.6 Å². The Bertz CT molecular complexity index is 1780. The second kappa shape index (κ2) is 11.3. The van der Waals surface area contributed by atoms with Crippen molar-refractivity contribution in [3.05, 3.63) is 73.7 Å². The third-order valence-electron chi connectivity index (χ3n) is 9.64. The average molecular weight is 668 g/mol. The number of carboxylic acids is 1. The van der Waals surface area contributed by atoms with Gasteiger partial charge in [0.25, 0.3) is 5.91 Å². The van der Waals surface area contributed by atoms with Crippen molar-refractivity contribution in [1.29, 1.82) is 0 Å². The molecule has 45 heavy (non-hydrogen) atoms. The van der Waals surface area contributed by atoms with E-state index >= 15 is 0 Å². The molecule has 3 heterocycles. The molecule has 1 aromatic heterocycles. The third kappa shape index (κ3) is 4.88. The summed E-state index contributed by atoms with van der Waals surface area (Å²) >= 11 is 9.17. The zero-order valence-corrected chi connectivity index (χ0v) is 26.7. The van der Waals surface area contributed by atoms with Crippen molar-refractivity contribution < 1.29 is 29.0 Å². The molecule has 234 valence electrons. The number of imide groups is 1. The van der Waals surface area contributed by atoms with Crippen LogP contribution in [0.3, 0.4) is 0 Å². The van der Waals surface area contributed by atoms with E-state index in [9.17, 15) is 29.1 Å². The summed E-state index contributed by atoms with van der Waals surface area (Å²) in [4.78, 5) is 70.0. The number of aromatic nitrogens is 1. The van der Waals surface area contributed by atoms with Gasteiger partial charge in [0.05, 0.1) is 16.9 Å². The Morgan fingerprint density at radius 3 is 2.49 bits per heavy atom. The number of hydrogen-bond donors (Lipinski definition) is 3. The molecule has 7 unspecified atom stereocenters. The van der Waals surface area contributed by atoms with Crippen LogP contribution >= 0.6 is 34.7 Å². The van der Waals surface area contributed by atoms with Gasteiger partial charge < -0.3 is 20.1 Å². The van der Waals surface area contributed by atoms with Crippen LogP contribution in [-0.4, -0.2) is 56.6 Å². The molecule has 0 radical (unpaired) electrons. The fourth-order valence-electron chi connectivity index (χ4n) is 8.11. The number of hydrogen-bond acceptors (Lipinski definition) is 8. The number of anilines is 1. The summed E-state index contributed by atoms with van der Waals surface area (Å²) in [6.45, 7) is 3.13. The van der Waals surface area contributed by atoms with E-state index in [4.69, 9.17) is 16.3 Å². The van der Waals surface area contributed by atoms with Crippen LogP contribution in [0.25, 0.3) is 0 Å². The molecule has 8 atom stereocenters. The molecular formula is C32H30ClN3O7S2. The van der Waals surface area contributed by atoms with E-state index in [0.29, 0.717) is 33.5 Å². The molecule has 4 aliphatic rings. The SMILES string of the molecule is CC(C)C(C(=O)O)N1C(=O)C2C3CC(C2C1=O)C1C3Sc2[nH]c(=O)sc2[C@@H]1c1cc(Cl)ccc1OCC(=O)Nc1ccccc1. The maximum Gasteiger partial charge on any atom is 0.327 e. The number of carboxylic acid groups (broad SMARTS) is 1. The fraction of sp³-hybridized carbons (Fsp3) is 0.406. The van der Waals surface area contributed by atoms with Gasteiger partial charge in [-0.05, 0) is 60.4 Å². The number of carbonyl (C=O) groups excluding carboxylic acids is 3. The van der Waals surface area contributed by atoms with Crippen molar-refractivity contribution in [3.63, 3.8) is 0 Å². The Hall–Kier alpha value is -3.61. The number of para-hydroxylation sites is 1. The highest BCUT2D eigenvalue weighted by atomic mass is 35.5. The topological polar surface area (TPSA) is 146 Å². The first-order chi connectivity index (χ1) is 21.5. The second-order valence-corrected chi connectivity index (χ2v) is 15.1. The number of nitrogens with zero attached hydrogens (tertiary/aromatic N) is 1. The largest absolute Gasteiger partial charge is 0.483 e. The highest BCUT2D eigenvalue weighted by molar-refractivity contribution is 8.00. The second-order valence-electron chi connectivity index (χ2n) is 12.4. The van der Waals surface area contributed by atoms with E-state index in [0.717, 1.165) is 21.1 Å². The van der Waals surface area contributed by atoms with Gasteiger partial charge in [-0.25, -0.2) is 4.79 Å². The number of thioether (sulfide) groups is 1. The molecule has 2 bridgehead atoms. The summed E-state index contributed by atoms with van der Waals surface area (Å²) in [5.74, 6) is -4.55. The number of likely N-dealkylation sites (tertiary alicyclic amines) is 1. The highest BCUT2D eigenvalue weighted by Gasteiger charge is 2.70. The summed E-state index contributed by atoms with van der Waals surface area (Å²) in [5.41, 5.74) is 1.34. The molecule has 0 spiro atoms. The number of rotatable bonds is 8. The molecule has 2 aliphatic heterocycles. The quantitative estimate of drug-likeness (QED) is 0.294. The number of H-pyrrole nitrogens is 1. The van der Waals surface area contributed by atoms with Gasteiger partial charge in [0.2, 0.25) is 11.8 Å². The van der Waals surface area contributed by atoms with Gasteiger partial charge in [-0.3, -0.25) is 24.1 Å². The minimum absolute atomic E-state index is 0.105. The Morgan fingerprint density at radius 2 is 1.80 bits per heavy atom. The molecular weight excluding hydrogens is 638 g/mol. The van der Waals surface area contributed by atoms with Crippen molar-refractivity contribution in [1.82, 2.24) is 9.88 Å². The highest BCUT2D eigenvalue weighted by Crippen LogP contribution is 2.69. The molecule has 2 saturated carbocycles. The van der Waals surface area contributed by atoms with Crippen LogP contribution in [0.4, 0.5) is 5.69 Å². The standard InChI is InChI=1S/C32H30ClN3O7S2/c1-13(2)25(31(40)41)36-29(38)23-17-11-18(24(23)30(36)39)26-22(17)21(27-28(44-26)35-32(42)45-27)16-10-14(33)8-9-19(16)43-12-20(37)34-15-6-4-3-5-7-15/h3-10,13,17-18,21-26H,11-12H2,1-2H3,(H,34,37)(H,35,42)(H,40,41)/t17?,18?,21-,22?,23?,24?,25?,26?/m1/s1. The molecule has 7 rings (SSSR count). The molecule has 3 fully saturated rings. The lowest BCUT2D eigenvalue weighted by molar-refractivity contribution is -0.157. The predicted molar refractivity (Wildman–Crippen MR) is 169 cm³/mol. The molecule has 2 aliphatic carbocycles. The zero-order chi connectivity index (χ0) is 31.7. The minimum Gasteiger partial charge on any atom is -0.483 e. The molecule has 3 aromatic rings. The predicted octanol–water partition coefficient (Wildman–Crippen LogP) is 4.69.